The van der Waals surface area contributed by atoms with E-state index in [1.807, 2.05) is 12.1 Å². The highest BCUT2D eigenvalue weighted by atomic mass is 79.9. The van der Waals surface area contributed by atoms with Crippen LogP contribution in [0, 0.1) is 0 Å². The van der Waals surface area contributed by atoms with Crippen LogP contribution in [-0.4, -0.2) is 25.7 Å². The van der Waals surface area contributed by atoms with Crippen LogP contribution in [0.4, 0.5) is 5.69 Å². The Labute approximate surface area is 117 Å². The predicted molar refractivity (Wildman–Crippen MR) is 74.9 cm³/mol. The van der Waals surface area contributed by atoms with E-state index < -0.39 is 6.04 Å². The van der Waals surface area contributed by atoms with Crippen molar-refractivity contribution in [2.45, 2.75) is 12.5 Å². The van der Waals surface area contributed by atoms with Crippen LogP contribution < -0.4 is 11.1 Å². The second-order valence-electron chi connectivity index (χ2n) is 3.50. The van der Waals surface area contributed by atoms with Gasteiger partial charge in [0.2, 0.25) is 5.91 Å². The Hall–Kier alpha value is -0.430. The van der Waals surface area contributed by atoms with E-state index in [2.05, 4.69) is 37.2 Å². The second-order valence-corrected chi connectivity index (χ2v) is 5.27. The summed E-state index contributed by atoms with van der Waals surface area (Å²) in [5, 5.41) is 2.76. The van der Waals surface area contributed by atoms with Gasteiger partial charge in [0.05, 0.1) is 11.7 Å². The minimum atomic E-state index is -0.564. The molecule has 4 nitrogen and oxygen atoms in total. The fraction of sp³-hybridized carbons (Fsp3) is 0.364. The van der Waals surface area contributed by atoms with Gasteiger partial charge in [0.25, 0.3) is 0 Å². The quantitative estimate of drug-likeness (QED) is 0.842. The van der Waals surface area contributed by atoms with Crippen LogP contribution in [0.25, 0.3) is 0 Å². The lowest BCUT2D eigenvalue weighted by Crippen LogP contribution is -2.36. The van der Waals surface area contributed by atoms with Crippen LogP contribution in [-0.2, 0) is 9.53 Å². The van der Waals surface area contributed by atoms with E-state index in [9.17, 15) is 4.79 Å². The van der Waals surface area contributed by atoms with Gasteiger partial charge in [-0.2, -0.15) is 0 Å². The molecular formula is C11H14Br2N2O2. The molecule has 17 heavy (non-hydrogen) atoms. The first-order chi connectivity index (χ1) is 8.04. The molecule has 1 rings (SSSR count). The van der Waals surface area contributed by atoms with Gasteiger partial charge in [-0.1, -0.05) is 15.9 Å². The zero-order valence-corrected chi connectivity index (χ0v) is 12.5. The normalized spacial score (nSPS) is 12.2. The van der Waals surface area contributed by atoms with E-state index in [4.69, 9.17) is 10.5 Å². The molecule has 0 heterocycles. The number of methoxy groups -OCH3 is 1. The highest BCUT2D eigenvalue weighted by molar-refractivity contribution is 9.11. The van der Waals surface area contributed by atoms with E-state index in [0.29, 0.717) is 18.7 Å². The minimum Gasteiger partial charge on any atom is -0.385 e. The third-order valence-electron chi connectivity index (χ3n) is 2.16. The Bertz CT molecular complexity index is 399. The highest BCUT2D eigenvalue weighted by Crippen LogP contribution is 2.26. The first kappa shape index (κ1) is 14.6. The third kappa shape index (κ3) is 4.75. The van der Waals surface area contributed by atoms with Gasteiger partial charge in [0.15, 0.2) is 0 Å². The molecular weight excluding hydrogens is 352 g/mol. The lowest BCUT2D eigenvalue weighted by molar-refractivity contribution is -0.117. The van der Waals surface area contributed by atoms with Crippen LogP contribution in [0.15, 0.2) is 27.1 Å². The number of carbonyl (C=O) groups is 1. The summed E-state index contributed by atoms with van der Waals surface area (Å²) in [6.45, 7) is 0.468. The Morgan fingerprint density at radius 3 is 2.82 bits per heavy atom. The summed E-state index contributed by atoms with van der Waals surface area (Å²) in [5.74, 6) is -0.218. The number of anilines is 1. The second kappa shape index (κ2) is 7.10. The van der Waals surface area contributed by atoms with E-state index in [0.717, 1.165) is 8.95 Å². The van der Waals surface area contributed by atoms with Crippen molar-refractivity contribution in [2.24, 2.45) is 5.73 Å². The molecule has 1 aromatic rings. The fourth-order valence-electron chi connectivity index (χ4n) is 1.19. The molecule has 0 aromatic heterocycles. The monoisotopic (exact) mass is 364 g/mol. The van der Waals surface area contributed by atoms with Crippen molar-refractivity contribution in [2.75, 3.05) is 19.0 Å². The number of ether oxygens (including phenoxy) is 1. The maximum Gasteiger partial charge on any atom is 0.241 e. The first-order valence-corrected chi connectivity index (χ1v) is 6.63. The van der Waals surface area contributed by atoms with Crippen LogP contribution >= 0.6 is 31.9 Å². The number of carbonyl (C=O) groups excluding carboxylic acids is 1. The Morgan fingerprint density at radius 1 is 1.53 bits per heavy atom. The number of nitrogens with two attached hydrogens (primary N) is 1. The molecule has 0 spiro atoms. The molecule has 0 aliphatic heterocycles. The van der Waals surface area contributed by atoms with Gasteiger partial charge < -0.3 is 15.8 Å². The zero-order valence-electron chi connectivity index (χ0n) is 9.37. The molecule has 0 bridgehead atoms. The Morgan fingerprint density at radius 2 is 2.24 bits per heavy atom. The number of amides is 1. The topological polar surface area (TPSA) is 64.3 Å². The average Bonchev–Trinajstić information content (AvgIpc) is 2.29. The molecule has 1 amide bonds. The third-order valence-corrected chi connectivity index (χ3v) is 3.31. The van der Waals surface area contributed by atoms with Crippen LogP contribution in [0.1, 0.15) is 6.42 Å². The zero-order chi connectivity index (χ0) is 12.8. The smallest absolute Gasteiger partial charge is 0.241 e. The molecule has 0 aliphatic rings. The summed E-state index contributed by atoms with van der Waals surface area (Å²) in [6.07, 6.45) is 0.497. The summed E-state index contributed by atoms with van der Waals surface area (Å²) in [6, 6.07) is 4.94. The number of halogens is 2. The van der Waals surface area contributed by atoms with E-state index in [1.165, 1.54) is 0 Å². The summed E-state index contributed by atoms with van der Waals surface area (Å²) < 4.78 is 6.62. The number of nitrogens with one attached hydrogen (secondary N) is 1. The van der Waals surface area contributed by atoms with Crippen molar-refractivity contribution in [3.8, 4) is 0 Å². The lowest BCUT2D eigenvalue weighted by Gasteiger charge is -2.12. The Balaban J connectivity index is 2.61. The molecule has 0 fully saturated rings. The van der Waals surface area contributed by atoms with E-state index >= 15 is 0 Å². The highest BCUT2D eigenvalue weighted by Gasteiger charge is 2.14. The van der Waals surface area contributed by atoms with Crippen molar-refractivity contribution in [3.63, 3.8) is 0 Å². The SMILES string of the molecule is COCCC(N)C(=O)Nc1ccc(Br)cc1Br. The molecule has 94 valence electrons. The molecule has 3 N–H and O–H groups in total. The molecule has 6 heteroatoms. The fourth-order valence-corrected chi connectivity index (χ4v) is 2.34. The van der Waals surface area contributed by atoms with Crippen LogP contribution in [0.2, 0.25) is 0 Å². The van der Waals surface area contributed by atoms with Crippen molar-refractivity contribution in [3.05, 3.63) is 27.1 Å². The summed E-state index contributed by atoms with van der Waals surface area (Å²) >= 11 is 6.71. The van der Waals surface area contributed by atoms with Crippen molar-refractivity contribution < 1.29 is 9.53 Å². The van der Waals surface area contributed by atoms with Gasteiger partial charge >= 0.3 is 0 Å². The molecule has 0 aliphatic carbocycles. The number of rotatable bonds is 5. The summed E-state index contributed by atoms with van der Waals surface area (Å²) in [4.78, 5) is 11.7. The Kier molecular flexibility index (Phi) is 6.11. The lowest BCUT2D eigenvalue weighted by atomic mass is 10.2. The van der Waals surface area contributed by atoms with Crippen LogP contribution in [0.5, 0.6) is 0 Å². The molecule has 1 unspecified atom stereocenters. The van der Waals surface area contributed by atoms with Gasteiger partial charge in [-0.05, 0) is 40.5 Å². The van der Waals surface area contributed by atoms with Crippen molar-refractivity contribution >= 4 is 43.5 Å². The maximum atomic E-state index is 11.7. The number of hydrogen-bond acceptors (Lipinski definition) is 3. The minimum absolute atomic E-state index is 0.218. The van der Waals surface area contributed by atoms with Gasteiger partial charge in [-0.15, -0.1) is 0 Å². The predicted octanol–water partition coefficient (Wildman–Crippen LogP) is 2.51. The summed E-state index contributed by atoms with van der Waals surface area (Å²) in [5.41, 5.74) is 6.41. The van der Waals surface area contributed by atoms with Gasteiger partial charge in [0.1, 0.15) is 0 Å². The molecule has 1 atom stereocenters. The number of benzene rings is 1. The molecule has 0 radical (unpaired) electrons. The molecule has 0 saturated carbocycles. The average molecular weight is 366 g/mol. The van der Waals surface area contributed by atoms with Crippen molar-refractivity contribution in [1.82, 2.24) is 0 Å². The van der Waals surface area contributed by atoms with Gasteiger partial charge in [0, 0.05) is 22.7 Å². The van der Waals surface area contributed by atoms with Crippen LogP contribution in [0.3, 0.4) is 0 Å². The maximum absolute atomic E-state index is 11.7. The molecule has 0 saturated heterocycles. The molecule has 1 aromatic carbocycles. The van der Waals surface area contributed by atoms with Gasteiger partial charge in [-0.3, -0.25) is 4.79 Å². The van der Waals surface area contributed by atoms with Gasteiger partial charge in [-0.25, -0.2) is 0 Å². The summed E-state index contributed by atoms with van der Waals surface area (Å²) in [7, 11) is 1.58. The standard InChI is InChI=1S/C11H14Br2N2O2/c1-17-5-4-9(14)11(16)15-10-3-2-7(12)6-8(10)13/h2-3,6,9H,4-5,14H2,1H3,(H,15,16). The van der Waals surface area contributed by atoms with Crippen molar-refractivity contribution in [1.29, 1.82) is 0 Å². The number of hydrogen-bond donors (Lipinski definition) is 2. The van der Waals surface area contributed by atoms with E-state index in [1.54, 1.807) is 13.2 Å². The first-order valence-electron chi connectivity index (χ1n) is 5.05. The van der Waals surface area contributed by atoms with E-state index in [-0.39, 0.29) is 5.91 Å². The largest absolute Gasteiger partial charge is 0.385 e.